The van der Waals surface area contributed by atoms with Gasteiger partial charge in [0.15, 0.2) is 0 Å². The SMILES string of the molecule is [13NH2]CCCC(=O)O. The molecule has 0 radical (unpaired) electrons. The average Bonchev–Trinajstić information content (AvgIpc) is 1.61. The van der Waals surface area contributed by atoms with Crippen molar-refractivity contribution in [2.45, 2.75) is 12.8 Å². The van der Waals surface area contributed by atoms with Crippen molar-refractivity contribution >= 4 is 5.97 Å². The first-order valence-electron chi connectivity index (χ1n) is 2.19. The molecule has 0 amide bonds. The van der Waals surface area contributed by atoms with E-state index in [4.69, 9.17) is 10.8 Å². The van der Waals surface area contributed by atoms with Crippen molar-refractivity contribution in [1.82, 2.24) is 0 Å². The second kappa shape index (κ2) is 3.61. The molecule has 0 fully saturated rings. The van der Waals surface area contributed by atoms with Crippen LogP contribution in [-0.4, -0.2) is 17.6 Å². The highest BCUT2D eigenvalue weighted by atomic mass is 16.4. The van der Waals surface area contributed by atoms with Crippen LogP contribution in [0.25, 0.3) is 0 Å². The summed E-state index contributed by atoms with van der Waals surface area (Å²) >= 11 is 0. The van der Waals surface area contributed by atoms with E-state index in [2.05, 4.69) is 0 Å². The van der Waals surface area contributed by atoms with Gasteiger partial charge in [0.1, 0.15) is 0 Å². The molecule has 0 aliphatic carbocycles. The molecule has 3 heteroatoms. The zero-order chi connectivity index (χ0) is 5.70. The molecule has 0 aromatic rings. The highest BCUT2D eigenvalue weighted by Crippen LogP contribution is 1.82. The molecule has 0 bridgehead atoms. The van der Waals surface area contributed by atoms with Crippen molar-refractivity contribution in [1.29, 1.82) is 0 Å². The van der Waals surface area contributed by atoms with E-state index in [-0.39, 0.29) is 6.42 Å². The Balaban J connectivity index is 2.82. The number of nitrogens with two attached hydrogens (primary N) is 1. The Hall–Kier alpha value is -0.570. The molecule has 0 unspecified atom stereocenters. The van der Waals surface area contributed by atoms with Crippen LogP contribution in [0, 0.1) is 0 Å². The van der Waals surface area contributed by atoms with Crippen molar-refractivity contribution < 1.29 is 9.90 Å². The van der Waals surface area contributed by atoms with Crippen molar-refractivity contribution in [3.05, 3.63) is 0 Å². The lowest BCUT2D eigenvalue weighted by molar-refractivity contribution is -0.137. The molecule has 0 aliphatic heterocycles. The van der Waals surface area contributed by atoms with Gasteiger partial charge in [0.25, 0.3) is 0 Å². The molecular weight excluding hydrogens is 93.0 g/mol. The summed E-state index contributed by atoms with van der Waals surface area (Å²) in [4.78, 5) is 9.70. The van der Waals surface area contributed by atoms with Gasteiger partial charge in [-0.15, -0.1) is 0 Å². The highest BCUT2D eigenvalue weighted by molar-refractivity contribution is 5.66. The molecule has 0 aromatic carbocycles. The second-order valence-electron chi connectivity index (χ2n) is 1.29. The summed E-state index contributed by atoms with van der Waals surface area (Å²) in [5.41, 5.74) is 5.01. The molecule has 0 saturated heterocycles. The van der Waals surface area contributed by atoms with E-state index in [1.54, 1.807) is 0 Å². The molecule has 42 valence electrons. The first-order chi connectivity index (χ1) is 3.27. The third-order valence-corrected chi connectivity index (χ3v) is 0.595. The summed E-state index contributed by atoms with van der Waals surface area (Å²) in [6.45, 7) is 0.465. The fraction of sp³-hybridized carbons (Fsp3) is 0.750. The summed E-state index contributed by atoms with van der Waals surface area (Å²) in [6, 6.07) is 0. The minimum atomic E-state index is -0.773. The van der Waals surface area contributed by atoms with Gasteiger partial charge in [-0.1, -0.05) is 0 Å². The zero-order valence-corrected chi connectivity index (χ0v) is 4.05. The number of carboxylic acids is 1. The van der Waals surface area contributed by atoms with Crippen LogP contribution >= 0.6 is 0 Å². The third-order valence-electron chi connectivity index (χ3n) is 0.595. The molecule has 7 heavy (non-hydrogen) atoms. The number of carboxylic acid groups (broad SMARTS) is 1. The number of aliphatic carboxylic acids is 1. The van der Waals surface area contributed by atoms with Crippen molar-refractivity contribution in [3.8, 4) is 0 Å². The number of hydrogen-bond acceptors (Lipinski definition) is 2. The van der Waals surface area contributed by atoms with Gasteiger partial charge in [0, 0.05) is 6.42 Å². The van der Waals surface area contributed by atoms with E-state index in [1.807, 2.05) is 0 Å². The summed E-state index contributed by atoms with van der Waals surface area (Å²) in [5, 5.41) is 7.99. The van der Waals surface area contributed by atoms with Crippen LogP contribution in [0.4, 0.5) is 0 Å². The quantitative estimate of drug-likeness (QED) is 0.519. The van der Waals surface area contributed by atoms with Crippen LogP contribution in [-0.2, 0) is 4.79 Å². The summed E-state index contributed by atoms with van der Waals surface area (Å²) in [7, 11) is 0. The lowest BCUT2D eigenvalue weighted by atomic mass is 10.3. The second-order valence-corrected chi connectivity index (χ2v) is 1.29. The average molecular weight is 102 g/mol. The van der Waals surface area contributed by atoms with Gasteiger partial charge in [-0.05, 0) is 13.0 Å². The number of hydrogen-bond donors (Lipinski definition) is 2. The van der Waals surface area contributed by atoms with E-state index < -0.39 is 5.97 Å². The smallest absolute Gasteiger partial charge is 0.303 e. The molecule has 0 aliphatic rings. The Bertz CT molecular complexity index is 62.7. The summed E-state index contributed by atoms with van der Waals surface area (Å²) < 4.78 is 0. The van der Waals surface area contributed by atoms with E-state index in [0.717, 1.165) is 0 Å². The normalized spacial score (nSPS) is 8.71. The van der Waals surface area contributed by atoms with Gasteiger partial charge in [-0.25, -0.2) is 0 Å². The van der Waals surface area contributed by atoms with Crippen molar-refractivity contribution in [2.75, 3.05) is 6.54 Å². The minimum absolute atomic E-state index is 0.191. The first-order valence-corrected chi connectivity index (χ1v) is 2.19. The van der Waals surface area contributed by atoms with Gasteiger partial charge < -0.3 is 10.8 Å². The maximum atomic E-state index is 9.70. The molecule has 3 N–H and O–H groups in total. The molecule has 3 nitrogen and oxygen atoms in total. The number of rotatable bonds is 3. The number of carbonyl (C=O) groups is 1. The van der Waals surface area contributed by atoms with E-state index in [9.17, 15) is 4.79 Å². The molecular formula is C4H9NO2. The van der Waals surface area contributed by atoms with Crippen molar-refractivity contribution in [3.63, 3.8) is 0 Å². The van der Waals surface area contributed by atoms with Crippen LogP contribution < -0.4 is 5.73 Å². The van der Waals surface area contributed by atoms with Crippen LogP contribution in [0.15, 0.2) is 0 Å². The maximum Gasteiger partial charge on any atom is 0.303 e. The predicted molar refractivity (Wildman–Crippen MR) is 25.9 cm³/mol. The van der Waals surface area contributed by atoms with Gasteiger partial charge >= 0.3 is 5.97 Å². The molecule has 0 saturated carbocycles. The lowest BCUT2D eigenvalue weighted by Gasteiger charge is -1.86. The Morgan fingerprint density at radius 2 is 2.29 bits per heavy atom. The molecule has 0 spiro atoms. The van der Waals surface area contributed by atoms with Crippen LogP contribution in [0.5, 0.6) is 0 Å². The fourth-order valence-electron chi connectivity index (χ4n) is 0.253. The van der Waals surface area contributed by atoms with Gasteiger partial charge in [-0.3, -0.25) is 4.79 Å². The lowest BCUT2D eigenvalue weighted by Crippen LogP contribution is -2.02. The van der Waals surface area contributed by atoms with Crippen molar-refractivity contribution in [2.24, 2.45) is 5.73 Å². The van der Waals surface area contributed by atoms with Gasteiger partial charge in [0.2, 0.25) is 0 Å². The minimum Gasteiger partial charge on any atom is -0.481 e. The van der Waals surface area contributed by atoms with Gasteiger partial charge in [-0.2, -0.15) is 0 Å². The first kappa shape index (κ1) is 6.43. The Labute approximate surface area is 42.1 Å². The van der Waals surface area contributed by atoms with E-state index in [0.29, 0.717) is 13.0 Å². The third kappa shape index (κ3) is 5.43. The highest BCUT2D eigenvalue weighted by Gasteiger charge is 1.91. The Kier molecular flexibility index (Phi) is 3.32. The topological polar surface area (TPSA) is 63.3 Å². The molecule has 0 rings (SSSR count). The standard InChI is InChI=1S/C4H9NO2/c5-3-1-2-4(6)7/h1-3,5H2,(H,6,7)/i5-1. The van der Waals surface area contributed by atoms with Crippen LogP contribution in [0.1, 0.15) is 12.8 Å². The summed E-state index contributed by atoms with van der Waals surface area (Å²) in [6.07, 6.45) is 0.770. The van der Waals surface area contributed by atoms with E-state index >= 15 is 0 Å². The Morgan fingerprint density at radius 1 is 1.71 bits per heavy atom. The van der Waals surface area contributed by atoms with Gasteiger partial charge in [0.05, 0.1) is 0 Å². The zero-order valence-electron chi connectivity index (χ0n) is 4.05. The predicted octanol–water partition coefficient (Wildman–Crippen LogP) is -0.190. The van der Waals surface area contributed by atoms with Crippen LogP contribution in [0.3, 0.4) is 0 Å². The monoisotopic (exact) mass is 102 g/mol. The molecule has 0 heterocycles. The van der Waals surface area contributed by atoms with E-state index in [1.165, 1.54) is 0 Å². The summed E-state index contributed by atoms with van der Waals surface area (Å²) in [5.74, 6) is -0.773. The van der Waals surface area contributed by atoms with Crippen LogP contribution in [0.2, 0.25) is 0 Å². The molecule has 0 aromatic heterocycles. The Morgan fingerprint density at radius 3 is 2.43 bits per heavy atom. The molecule has 0 atom stereocenters. The maximum absolute atomic E-state index is 9.70. The fourth-order valence-corrected chi connectivity index (χ4v) is 0.253. The largest absolute Gasteiger partial charge is 0.481 e.